The van der Waals surface area contributed by atoms with E-state index in [1.165, 1.54) is 17.8 Å². The number of hydrogen-bond donors (Lipinski definition) is 1. The van der Waals surface area contributed by atoms with Gasteiger partial charge in [-0.2, -0.15) is 0 Å². The van der Waals surface area contributed by atoms with Gasteiger partial charge in [0.25, 0.3) is 5.69 Å². The van der Waals surface area contributed by atoms with Crippen LogP contribution in [0.15, 0.2) is 65.6 Å². The summed E-state index contributed by atoms with van der Waals surface area (Å²) in [5.74, 6) is -0.0460. The first-order valence-electron chi connectivity index (χ1n) is 11.2. The van der Waals surface area contributed by atoms with E-state index in [1.54, 1.807) is 31.2 Å². The average molecular weight is 548 g/mol. The highest BCUT2D eigenvalue weighted by Crippen LogP contribution is 2.58. The lowest BCUT2D eigenvalue weighted by Gasteiger charge is -2.39. The van der Waals surface area contributed by atoms with Gasteiger partial charge < -0.3 is 5.32 Å². The zero-order valence-corrected chi connectivity index (χ0v) is 21.7. The van der Waals surface area contributed by atoms with Crippen molar-refractivity contribution in [3.05, 3.63) is 97.5 Å². The Hall–Kier alpha value is -2.25. The molecule has 0 aromatic heterocycles. The molecule has 5 nitrogen and oxygen atoms in total. The molecule has 1 heterocycles. The molecule has 0 bridgehead atoms. The van der Waals surface area contributed by atoms with Crippen LogP contribution in [0.1, 0.15) is 46.8 Å². The van der Waals surface area contributed by atoms with Gasteiger partial charge in [0, 0.05) is 28.5 Å². The summed E-state index contributed by atoms with van der Waals surface area (Å²) in [6.07, 6.45) is 0.708. The van der Waals surface area contributed by atoms with Gasteiger partial charge in [-0.15, -0.1) is 23.4 Å². The molecule has 5 atom stereocenters. The van der Waals surface area contributed by atoms with Crippen molar-refractivity contribution < 1.29 is 9.72 Å². The summed E-state index contributed by atoms with van der Waals surface area (Å²) in [5.41, 5.74) is 3.47. The largest absolute Gasteiger partial charge is 0.378 e. The molecule has 0 amide bonds. The summed E-state index contributed by atoms with van der Waals surface area (Å²) < 4.78 is 0. The fourth-order valence-electron chi connectivity index (χ4n) is 5.27. The maximum absolute atomic E-state index is 12.1. The maximum atomic E-state index is 12.1. The van der Waals surface area contributed by atoms with Gasteiger partial charge in [0.1, 0.15) is 0 Å². The molecule has 180 valence electrons. The third kappa shape index (κ3) is 4.42. The number of halogens is 3. The predicted octanol–water partition coefficient (Wildman–Crippen LogP) is 8.14. The Labute approximate surface area is 222 Å². The van der Waals surface area contributed by atoms with Gasteiger partial charge in [-0.05, 0) is 60.7 Å². The van der Waals surface area contributed by atoms with E-state index in [9.17, 15) is 14.9 Å². The Morgan fingerprint density at radius 1 is 1.09 bits per heavy atom. The van der Waals surface area contributed by atoms with Crippen molar-refractivity contribution in [2.75, 3.05) is 5.32 Å². The van der Waals surface area contributed by atoms with Crippen molar-refractivity contribution in [1.29, 1.82) is 0 Å². The van der Waals surface area contributed by atoms with Gasteiger partial charge >= 0.3 is 0 Å². The van der Waals surface area contributed by atoms with Crippen molar-refractivity contribution in [1.82, 2.24) is 0 Å². The number of carbonyl (C=O) groups excluding carboxylic acids is 1. The highest BCUT2D eigenvalue weighted by atomic mass is 35.5. The van der Waals surface area contributed by atoms with Gasteiger partial charge in [-0.3, -0.25) is 14.9 Å². The van der Waals surface area contributed by atoms with E-state index >= 15 is 0 Å². The van der Waals surface area contributed by atoms with E-state index in [0.717, 1.165) is 16.8 Å². The highest BCUT2D eigenvalue weighted by Gasteiger charge is 2.50. The summed E-state index contributed by atoms with van der Waals surface area (Å²) in [6, 6.07) is 17.8. The lowest BCUT2D eigenvalue weighted by Crippen LogP contribution is -2.31. The van der Waals surface area contributed by atoms with Crippen molar-refractivity contribution in [3.63, 3.8) is 0 Å². The van der Waals surface area contributed by atoms with Crippen LogP contribution in [0.2, 0.25) is 10.0 Å². The molecule has 0 spiro atoms. The molecule has 1 N–H and O–H groups in total. The van der Waals surface area contributed by atoms with Crippen LogP contribution in [-0.4, -0.2) is 21.3 Å². The smallest absolute Gasteiger partial charge is 0.282 e. The number of benzene rings is 3. The molecule has 5 rings (SSSR count). The standard InChI is InChI=1S/C26H21Cl3N2O3S/c1-13(32)14-9-10-19-16(11-14)23-17(26(30-19)15-5-4-6-18(27)24(15)28)12-22(25(23)29)35-21-8-3-2-7-20(21)31(33)34/h2-11,17,22-23,25-26,30H,12H2,1H3/t17-,22-,23+,25-,26-/m1/s1. The van der Waals surface area contributed by atoms with E-state index < -0.39 is 0 Å². The van der Waals surface area contributed by atoms with Crippen molar-refractivity contribution in [2.45, 2.75) is 40.8 Å². The SMILES string of the molecule is CC(=O)c1ccc2c(c1)[C@@H]1[C@H](Cl)[C@H](Sc3ccccc3[N+](=O)[O-])C[C@H]1[C@@H](c1cccc(Cl)c1Cl)N2. The molecule has 9 heteroatoms. The van der Waals surface area contributed by atoms with E-state index in [2.05, 4.69) is 5.32 Å². The number of thioether (sulfide) groups is 1. The van der Waals surface area contributed by atoms with Gasteiger partial charge in [-0.25, -0.2) is 0 Å². The summed E-state index contributed by atoms with van der Waals surface area (Å²) in [7, 11) is 0. The number of nitrogens with zero attached hydrogens (tertiary/aromatic N) is 1. The molecule has 1 fully saturated rings. The molecule has 0 saturated heterocycles. The van der Waals surface area contributed by atoms with Gasteiger partial charge in [-0.1, -0.05) is 47.5 Å². The number of anilines is 1. The van der Waals surface area contributed by atoms with Crippen molar-refractivity contribution in [3.8, 4) is 0 Å². The fourth-order valence-corrected chi connectivity index (χ4v) is 7.64. The number of nitro groups is 1. The van der Waals surface area contributed by atoms with Crippen LogP contribution in [0, 0.1) is 16.0 Å². The second kappa shape index (κ2) is 9.66. The summed E-state index contributed by atoms with van der Waals surface area (Å²) >= 11 is 21.6. The molecule has 1 saturated carbocycles. The average Bonchev–Trinajstić information content (AvgIpc) is 3.16. The molecular formula is C26H21Cl3N2O3S. The molecule has 2 aliphatic rings. The van der Waals surface area contributed by atoms with E-state index in [-0.39, 0.29) is 44.9 Å². The van der Waals surface area contributed by atoms with E-state index in [0.29, 0.717) is 26.9 Å². The number of hydrogen-bond acceptors (Lipinski definition) is 5. The van der Waals surface area contributed by atoms with E-state index in [4.69, 9.17) is 34.8 Å². The third-order valence-electron chi connectivity index (χ3n) is 6.88. The quantitative estimate of drug-likeness (QED) is 0.151. The molecule has 0 unspecified atom stereocenters. The first kappa shape index (κ1) is 24.4. The van der Waals surface area contributed by atoms with Crippen LogP contribution in [0.25, 0.3) is 0 Å². The first-order valence-corrected chi connectivity index (χ1v) is 13.2. The molecule has 3 aromatic carbocycles. The monoisotopic (exact) mass is 546 g/mol. The lowest BCUT2D eigenvalue weighted by molar-refractivity contribution is -0.387. The second-order valence-corrected chi connectivity index (χ2v) is 11.4. The third-order valence-corrected chi connectivity index (χ3v) is 9.82. The molecule has 1 aliphatic heterocycles. The molecular weight excluding hydrogens is 527 g/mol. The number of fused-ring (bicyclic) bond motifs is 3. The van der Waals surface area contributed by atoms with Crippen LogP contribution in [0.3, 0.4) is 0 Å². The maximum Gasteiger partial charge on any atom is 0.282 e. The summed E-state index contributed by atoms with van der Waals surface area (Å²) in [6.45, 7) is 1.55. The number of rotatable bonds is 5. The number of nitrogens with one attached hydrogen (secondary N) is 1. The molecule has 1 aliphatic carbocycles. The number of carbonyl (C=O) groups is 1. The van der Waals surface area contributed by atoms with Crippen LogP contribution in [0.5, 0.6) is 0 Å². The number of Topliss-reactive ketones (excluding diaryl/α,β-unsaturated/α-hetero) is 1. The minimum atomic E-state index is -0.363. The molecule has 0 radical (unpaired) electrons. The Balaban J connectivity index is 1.58. The lowest BCUT2D eigenvalue weighted by atomic mass is 9.76. The Bertz CT molecular complexity index is 1330. The molecule has 3 aromatic rings. The zero-order chi connectivity index (χ0) is 24.9. The zero-order valence-electron chi connectivity index (χ0n) is 18.6. The van der Waals surface area contributed by atoms with Crippen LogP contribution >= 0.6 is 46.6 Å². The summed E-state index contributed by atoms with van der Waals surface area (Å²) in [4.78, 5) is 23.9. The highest BCUT2D eigenvalue weighted by molar-refractivity contribution is 8.00. The van der Waals surface area contributed by atoms with Gasteiger partial charge in [0.2, 0.25) is 0 Å². The van der Waals surface area contributed by atoms with Crippen molar-refractivity contribution in [2.24, 2.45) is 5.92 Å². The Morgan fingerprint density at radius 2 is 1.86 bits per heavy atom. The Morgan fingerprint density at radius 3 is 2.60 bits per heavy atom. The summed E-state index contributed by atoms with van der Waals surface area (Å²) in [5, 5.41) is 15.8. The number of para-hydroxylation sites is 1. The minimum Gasteiger partial charge on any atom is -0.378 e. The topological polar surface area (TPSA) is 72.2 Å². The van der Waals surface area contributed by atoms with Crippen LogP contribution < -0.4 is 5.32 Å². The van der Waals surface area contributed by atoms with Gasteiger partial charge in [0.05, 0.1) is 31.3 Å². The Kier molecular flexibility index (Phi) is 6.75. The number of nitro benzene ring substituents is 1. The number of ketones is 1. The van der Waals surface area contributed by atoms with E-state index in [1.807, 2.05) is 30.3 Å². The van der Waals surface area contributed by atoms with Crippen LogP contribution in [0.4, 0.5) is 11.4 Å². The van der Waals surface area contributed by atoms with Crippen LogP contribution in [-0.2, 0) is 0 Å². The number of alkyl halides is 1. The minimum absolute atomic E-state index is 0.0145. The predicted molar refractivity (Wildman–Crippen MR) is 143 cm³/mol. The fraction of sp³-hybridized carbons (Fsp3) is 0.269. The van der Waals surface area contributed by atoms with Gasteiger partial charge in [0.15, 0.2) is 5.78 Å². The first-order chi connectivity index (χ1) is 16.8. The normalized spacial score (nSPS) is 24.9. The molecule has 35 heavy (non-hydrogen) atoms. The van der Waals surface area contributed by atoms with Crippen molar-refractivity contribution >= 4 is 63.7 Å². The second-order valence-electron chi connectivity index (χ2n) is 8.87.